The molecule has 0 spiro atoms. The number of ether oxygens (including phenoxy) is 1. The van der Waals surface area contributed by atoms with E-state index in [4.69, 9.17) is 4.74 Å². The molecule has 2 heteroatoms. The molecule has 0 saturated heterocycles. The second-order valence-corrected chi connectivity index (χ2v) is 6.79. The maximum absolute atomic E-state index is 13.4. The summed E-state index contributed by atoms with van der Waals surface area (Å²) in [7, 11) is 0. The number of carbonyl (C=O) groups is 1. The van der Waals surface area contributed by atoms with Crippen molar-refractivity contribution in [1.82, 2.24) is 0 Å². The van der Waals surface area contributed by atoms with Crippen LogP contribution in [0.1, 0.15) is 35.9 Å². The van der Waals surface area contributed by atoms with Gasteiger partial charge in [-0.2, -0.15) is 0 Å². The molecule has 132 valence electrons. The van der Waals surface area contributed by atoms with Crippen molar-refractivity contribution < 1.29 is 9.53 Å². The summed E-state index contributed by atoms with van der Waals surface area (Å²) in [6.07, 6.45) is -0.594. The standard InChI is InChI=1S/C24H24O2/c1-18(2)17-26-24(20-13-7-4-8-14-20)23(25)22-16-10-9-15-21(22)19-11-5-3-6-12-19/h3-16,18,24H,17H2,1-2H3. The zero-order valence-electron chi connectivity index (χ0n) is 15.3. The van der Waals surface area contributed by atoms with Gasteiger partial charge in [0.25, 0.3) is 0 Å². The topological polar surface area (TPSA) is 26.3 Å². The Morgan fingerprint density at radius 3 is 2.04 bits per heavy atom. The zero-order chi connectivity index (χ0) is 18.4. The maximum atomic E-state index is 13.4. The first-order valence-corrected chi connectivity index (χ1v) is 9.02. The lowest BCUT2D eigenvalue weighted by molar-refractivity contribution is 0.0308. The number of hydrogen-bond acceptors (Lipinski definition) is 2. The average molecular weight is 344 g/mol. The lowest BCUT2D eigenvalue weighted by Crippen LogP contribution is -2.19. The van der Waals surface area contributed by atoms with Crippen LogP contribution in [0.4, 0.5) is 0 Å². The summed E-state index contributed by atoms with van der Waals surface area (Å²) >= 11 is 0. The van der Waals surface area contributed by atoms with Gasteiger partial charge in [0, 0.05) is 5.56 Å². The van der Waals surface area contributed by atoms with Crippen LogP contribution in [0.5, 0.6) is 0 Å². The third-order valence-corrected chi connectivity index (χ3v) is 4.21. The molecule has 26 heavy (non-hydrogen) atoms. The Hall–Kier alpha value is -2.71. The van der Waals surface area contributed by atoms with E-state index in [9.17, 15) is 4.79 Å². The van der Waals surface area contributed by atoms with Crippen molar-refractivity contribution in [3.63, 3.8) is 0 Å². The van der Waals surface area contributed by atoms with Crippen LogP contribution in [0.3, 0.4) is 0 Å². The van der Waals surface area contributed by atoms with Crippen LogP contribution in [0.15, 0.2) is 84.9 Å². The summed E-state index contributed by atoms with van der Waals surface area (Å²) in [5.41, 5.74) is 3.55. The predicted molar refractivity (Wildman–Crippen MR) is 106 cm³/mol. The number of rotatable bonds is 7. The Balaban J connectivity index is 2.00. The molecule has 0 aromatic heterocycles. The summed E-state index contributed by atoms with van der Waals surface area (Å²) in [6.45, 7) is 4.72. The normalized spacial score (nSPS) is 12.1. The van der Waals surface area contributed by atoms with Gasteiger partial charge in [-0.05, 0) is 22.6 Å². The molecule has 1 atom stereocenters. The van der Waals surface area contributed by atoms with E-state index >= 15 is 0 Å². The van der Waals surface area contributed by atoms with Gasteiger partial charge in [0.2, 0.25) is 0 Å². The van der Waals surface area contributed by atoms with Crippen molar-refractivity contribution >= 4 is 5.78 Å². The van der Waals surface area contributed by atoms with Crippen LogP contribution in [-0.2, 0) is 4.74 Å². The molecule has 0 saturated carbocycles. The molecule has 0 heterocycles. The Labute approximate surface area is 155 Å². The van der Waals surface area contributed by atoms with Crippen LogP contribution in [0.2, 0.25) is 0 Å². The highest BCUT2D eigenvalue weighted by molar-refractivity contribution is 6.05. The van der Waals surface area contributed by atoms with Crippen molar-refractivity contribution in [3.05, 3.63) is 96.1 Å². The van der Waals surface area contributed by atoms with Gasteiger partial charge in [0.1, 0.15) is 6.10 Å². The highest BCUT2D eigenvalue weighted by Gasteiger charge is 2.25. The quantitative estimate of drug-likeness (QED) is 0.495. The molecule has 0 N–H and O–H groups in total. The van der Waals surface area contributed by atoms with E-state index in [-0.39, 0.29) is 5.78 Å². The minimum absolute atomic E-state index is 0.00342. The first-order valence-electron chi connectivity index (χ1n) is 9.02. The first kappa shape index (κ1) is 18.1. The largest absolute Gasteiger partial charge is 0.365 e. The predicted octanol–water partition coefficient (Wildman–Crippen LogP) is 5.95. The smallest absolute Gasteiger partial charge is 0.196 e. The van der Waals surface area contributed by atoms with Crippen molar-refractivity contribution in [1.29, 1.82) is 0 Å². The summed E-state index contributed by atoms with van der Waals surface area (Å²) in [5.74, 6) is 0.356. The van der Waals surface area contributed by atoms with E-state index in [0.717, 1.165) is 16.7 Å². The van der Waals surface area contributed by atoms with Gasteiger partial charge in [-0.3, -0.25) is 4.79 Å². The average Bonchev–Trinajstić information content (AvgIpc) is 2.69. The second-order valence-electron chi connectivity index (χ2n) is 6.79. The fourth-order valence-electron chi connectivity index (χ4n) is 2.95. The fraction of sp³-hybridized carbons (Fsp3) is 0.208. The molecular formula is C24H24O2. The molecule has 3 aromatic carbocycles. The van der Waals surface area contributed by atoms with Gasteiger partial charge in [0.15, 0.2) is 5.78 Å². The maximum Gasteiger partial charge on any atom is 0.196 e. The Bertz CT molecular complexity index is 838. The van der Waals surface area contributed by atoms with Crippen molar-refractivity contribution in [2.75, 3.05) is 6.61 Å². The fourth-order valence-corrected chi connectivity index (χ4v) is 2.95. The SMILES string of the molecule is CC(C)COC(C(=O)c1ccccc1-c1ccccc1)c1ccccc1. The van der Waals surface area contributed by atoms with E-state index in [1.807, 2.05) is 84.9 Å². The van der Waals surface area contributed by atoms with E-state index in [0.29, 0.717) is 18.1 Å². The third kappa shape index (κ3) is 4.27. The van der Waals surface area contributed by atoms with E-state index in [2.05, 4.69) is 13.8 Å². The summed E-state index contributed by atoms with van der Waals surface area (Å²) in [4.78, 5) is 13.4. The van der Waals surface area contributed by atoms with Crippen LogP contribution in [0.25, 0.3) is 11.1 Å². The molecule has 0 aliphatic heterocycles. The third-order valence-electron chi connectivity index (χ3n) is 4.21. The minimum atomic E-state index is -0.594. The lowest BCUT2D eigenvalue weighted by atomic mass is 9.92. The number of ketones is 1. The molecule has 0 bridgehead atoms. The number of Topliss-reactive ketones (excluding diaryl/α,β-unsaturated/α-hetero) is 1. The number of carbonyl (C=O) groups excluding carboxylic acids is 1. The molecule has 3 rings (SSSR count). The van der Waals surface area contributed by atoms with Crippen LogP contribution in [0, 0.1) is 5.92 Å². The minimum Gasteiger partial charge on any atom is -0.365 e. The van der Waals surface area contributed by atoms with Crippen LogP contribution < -0.4 is 0 Å². The second kappa shape index (κ2) is 8.59. The molecule has 2 nitrogen and oxygen atoms in total. The summed E-state index contributed by atoms with van der Waals surface area (Å²) < 4.78 is 6.05. The summed E-state index contributed by atoms with van der Waals surface area (Å²) in [5, 5.41) is 0. The van der Waals surface area contributed by atoms with Crippen molar-refractivity contribution in [2.24, 2.45) is 5.92 Å². The zero-order valence-corrected chi connectivity index (χ0v) is 15.3. The number of hydrogen-bond donors (Lipinski definition) is 0. The number of benzene rings is 3. The van der Waals surface area contributed by atoms with Gasteiger partial charge in [-0.1, -0.05) is 98.8 Å². The molecule has 3 aromatic rings. The monoisotopic (exact) mass is 344 g/mol. The van der Waals surface area contributed by atoms with E-state index in [1.54, 1.807) is 0 Å². The Kier molecular flexibility index (Phi) is 5.98. The molecule has 0 aliphatic rings. The first-order chi connectivity index (χ1) is 12.7. The molecular weight excluding hydrogens is 320 g/mol. The van der Waals surface area contributed by atoms with Gasteiger partial charge in [-0.15, -0.1) is 0 Å². The molecule has 0 fully saturated rings. The Morgan fingerprint density at radius 2 is 1.38 bits per heavy atom. The Morgan fingerprint density at radius 1 is 0.808 bits per heavy atom. The molecule has 1 unspecified atom stereocenters. The van der Waals surface area contributed by atoms with Gasteiger partial charge in [0.05, 0.1) is 6.61 Å². The van der Waals surface area contributed by atoms with Gasteiger partial charge < -0.3 is 4.74 Å². The molecule has 0 amide bonds. The van der Waals surface area contributed by atoms with E-state index in [1.165, 1.54) is 0 Å². The van der Waals surface area contributed by atoms with Crippen LogP contribution >= 0.6 is 0 Å². The van der Waals surface area contributed by atoms with Crippen molar-refractivity contribution in [2.45, 2.75) is 20.0 Å². The molecule has 0 aliphatic carbocycles. The van der Waals surface area contributed by atoms with Gasteiger partial charge in [-0.25, -0.2) is 0 Å². The van der Waals surface area contributed by atoms with Crippen LogP contribution in [-0.4, -0.2) is 12.4 Å². The van der Waals surface area contributed by atoms with Crippen molar-refractivity contribution in [3.8, 4) is 11.1 Å². The highest BCUT2D eigenvalue weighted by atomic mass is 16.5. The highest BCUT2D eigenvalue weighted by Crippen LogP contribution is 2.29. The summed E-state index contributed by atoms with van der Waals surface area (Å²) in [6, 6.07) is 27.5. The lowest BCUT2D eigenvalue weighted by Gasteiger charge is -2.20. The van der Waals surface area contributed by atoms with Gasteiger partial charge >= 0.3 is 0 Å². The molecule has 0 radical (unpaired) electrons. The van der Waals surface area contributed by atoms with E-state index < -0.39 is 6.10 Å².